The van der Waals surface area contributed by atoms with E-state index in [1.54, 1.807) is 0 Å². The average molecular weight is 212 g/mol. The van der Waals surface area contributed by atoms with Crippen molar-refractivity contribution in [2.75, 3.05) is 19.6 Å². The van der Waals surface area contributed by atoms with Crippen LogP contribution in [0.5, 0.6) is 0 Å². The fourth-order valence-electron chi connectivity index (χ4n) is 2.02. The minimum absolute atomic E-state index is 0.0226. The molecule has 0 bridgehead atoms. The first kappa shape index (κ1) is 12.5. The first-order chi connectivity index (χ1) is 7.25. The Labute approximate surface area is 93.2 Å². The smallest absolute Gasteiger partial charge is 0.239 e. The Morgan fingerprint density at radius 3 is 2.80 bits per heavy atom. The maximum absolute atomic E-state index is 11.7. The van der Waals surface area contributed by atoms with Crippen molar-refractivity contribution < 1.29 is 4.79 Å². The molecule has 0 aromatic carbocycles. The van der Waals surface area contributed by atoms with Gasteiger partial charge in [-0.15, -0.1) is 0 Å². The molecular weight excluding hydrogens is 188 g/mol. The zero-order chi connectivity index (χ0) is 11.1. The van der Waals surface area contributed by atoms with Gasteiger partial charge in [0.1, 0.15) is 0 Å². The molecule has 0 saturated carbocycles. The molecule has 1 aliphatic heterocycles. The number of amides is 1. The van der Waals surface area contributed by atoms with Crippen LogP contribution >= 0.6 is 0 Å². The summed E-state index contributed by atoms with van der Waals surface area (Å²) in [6.45, 7) is 6.96. The molecule has 0 aromatic heterocycles. The van der Waals surface area contributed by atoms with Gasteiger partial charge in [-0.1, -0.05) is 32.6 Å². The molecule has 0 spiro atoms. The molecule has 1 rings (SSSR count). The zero-order valence-corrected chi connectivity index (χ0v) is 10.1. The van der Waals surface area contributed by atoms with Crippen molar-refractivity contribution in [2.24, 2.45) is 0 Å². The lowest BCUT2D eigenvalue weighted by atomic mass is 10.1. The van der Waals surface area contributed by atoms with Gasteiger partial charge in [0.05, 0.1) is 6.04 Å². The van der Waals surface area contributed by atoms with Gasteiger partial charge in [0.25, 0.3) is 0 Å². The van der Waals surface area contributed by atoms with Gasteiger partial charge in [0.15, 0.2) is 0 Å². The lowest BCUT2D eigenvalue weighted by Gasteiger charge is -2.31. The topological polar surface area (TPSA) is 32.3 Å². The molecule has 1 heterocycles. The van der Waals surface area contributed by atoms with Crippen LogP contribution in [0.1, 0.15) is 46.0 Å². The highest BCUT2D eigenvalue weighted by Gasteiger charge is 2.23. The lowest BCUT2D eigenvalue weighted by Crippen LogP contribution is -2.53. The van der Waals surface area contributed by atoms with E-state index in [4.69, 9.17) is 0 Å². The Hall–Kier alpha value is -0.570. The van der Waals surface area contributed by atoms with Gasteiger partial charge in [0, 0.05) is 19.6 Å². The maximum atomic E-state index is 11.7. The van der Waals surface area contributed by atoms with Gasteiger partial charge in [-0.3, -0.25) is 4.79 Å². The Bertz CT molecular complexity index is 194. The molecule has 1 saturated heterocycles. The van der Waals surface area contributed by atoms with E-state index in [-0.39, 0.29) is 11.9 Å². The van der Waals surface area contributed by atoms with Gasteiger partial charge >= 0.3 is 0 Å². The zero-order valence-electron chi connectivity index (χ0n) is 10.1. The quantitative estimate of drug-likeness (QED) is 0.681. The molecular formula is C12H24N2O. The number of nitrogens with one attached hydrogen (secondary N) is 1. The SMILES string of the molecule is CCCCCCCN1CCNC(C)C1=O. The standard InChI is InChI=1S/C12H24N2O/c1-3-4-5-6-7-9-14-10-8-13-11(2)12(14)15/h11,13H,3-10H2,1-2H3. The Morgan fingerprint density at radius 2 is 2.07 bits per heavy atom. The number of nitrogens with zero attached hydrogens (tertiary/aromatic N) is 1. The third kappa shape index (κ3) is 4.20. The van der Waals surface area contributed by atoms with Crippen LogP contribution < -0.4 is 5.32 Å². The van der Waals surface area contributed by atoms with E-state index in [1.807, 2.05) is 11.8 Å². The van der Waals surface area contributed by atoms with Crippen LogP contribution in [-0.2, 0) is 4.79 Å². The fraction of sp³-hybridized carbons (Fsp3) is 0.917. The van der Waals surface area contributed by atoms with Crippen molar-refractivity contribution in [1.29, 1.82) is 0 Å². The summed E-state index contributed by atoms with van der Waals surface area (Å²) in [6.07, 6.45) is 6.35. The van der Waals surface area contributed by atoms with Crippen molar-refractivity contribution in [1.82, 2.24) is 10.2 Å². The highest BCUT2D eigenvalue weighted by molar-refractivity contribution is 5.82. The van der Waals surface area contributed by atoms with E-state index >= 15 is 0 Å². The monoisotopic (exact) mass is 212 g/mol. The second-order valence-electron chi connectivity index (χ2n) is 4.42. The molecule has 15 heavy (non-hydrogen) atoms. The summed E-state index contributed by atoms with van der Waals surface area (Å²) >= 11 is 0. The van der Waals surface area contributed by atoms with Crippen molar-refractivity contribution >= 4 is 5.91 Å². The maximum Gasteiger partial charge on any atom is 0.239 e. The predicted molar refractivity (Wildman–Crippen MR) is 62.8 cm³/mol. The van der Waals surface area contributed by atoms with E-state index in [9.17, 15) is 4.79 Å². The van der Waals surface area contributed by atoms with E-state index < -0.39 is 0 Å². The number of carbonyl (C=O) groups is 1. The molecule has 1 amide bonds. The Kier molecular flexibility index (Phi) is 5.69. The highest BCUT2D eigenvalue weighted by atomic mass is 16.2. The van der Waals surface area contributed by atoms with Crippen LogP contribution in [0.2, 0.25) is 0 Å². The number of hydrogen-bond acceptors (Lipinski definition) is 2. The van der Waals surface area contributed by atoms with Crippen LogP contribution in [0.3, 0.4) is 0 Å². The van der Waals surface area contributed by atoms with Crippen molar-refractivity contribution in [3.63, 3.8) is 0 Å². The molecule has 3 nitrogen and oxygen atoms in total. The molecule has 0 aliphatic carbocycles. The summed E-state index contributed by atoms with van der Waals surface area (Å²) in [5.74, 6) is 0.275. The molecule has 88 valence electrons. The third-order valence-electron chi connectivity index (χ3n) is 3.05. The molecule has 1 N–H and O–H groups in total. The lowest BCUT2D eigenvalue weighted by molar-refractivity contribution is -0.135. The van der Waals surface area contributed by atoms with Crippen LogP contribution in [0.25, 0.3) is 0 Å². The highest BCUT2D eigenvalue weighted by Crippen LogP contribution is 2.06. The van der Waals surface area contributed by atoms with Gasteiger partial charge in [0.2, 0.25) is 5.91 Å². The number of unbranched alkanes of at least 4 members (excludes halogenated alkanes) is 4. The molecule has 3 heteroatoms. The number of piperazine rings is 1. The summed E-state index contributed by atoms with van der Waals surface area (Å²) in [6, 6.07) is 0.0226. The number of hydrogen-bond donors (Lipinski definition) is 1. The van der Waals surface area contributed by atoms with Crippen LogP contribution in [-0.4, -0.2) is 36.5 Å². The molecule has 0 aromatic rings. The van der Waals surface area contributed by atoms with Crippen molar-refractivity contribution in [2.45, 2.75) is 52.0 Å². The second-order valence-corrected chi connectivity index (χ2v) is 4.42. The molecule has 0 radical (unpaired) electrons. The van der Waals surface area contributed by atoms with E-state index in [2.05, 4.69) is 12.2 Å². The molecule has 1 atom stereocenters. The normalized spacial score (nSPS) is 22.1. The van der Waals surface area contributed by atoms with Gasteiger partial charge < -0.3 is 10.2 Å². The largest absolute Gasteiger partial charge is 0.340 e. The van der Waals surface area contributed by atoms with E-state index in [0.717, 1.165) is 19.6 Å². The van der Waals surface area contributed by atoms with Crippen LogP contribution in [0.15, 0.2) is 0 Å². The van der Waals surface area contributed by atoms with Crippen molar-refractivity contribution in [3.05, 3.63) is 0 Å². The van der Waals surface area contributed by atoms with Gasteiger partial charge in [-0.2, -0.15) is 0 Å². The third-order valence-corrected chi connectivity index (χ3v) is 3.05. The summed E-state index contributed by atoms with van der Waals surface area (Å²) in [7, 11) is 0. The first-order valence-corrected chi connectivity index (χ1v) is 6.28. The van der Waals surface area contributed by atoms with E-state index in [0.29, 0.717) is 0 Å². The van der Waals surface area contributed by atoms with E-state index in [1.165, 1.54) is 32.1 Å². The van der Waals surface area contributed by atoms with Gasteiger partial charge in [-0.25, -0.2) is 0 Å². The average Bonchev–Trinajstić information content (AvgIpc) is 2.24. The predicted octanol–water partition coefficient (Wildman–Crippen LogP) is 1.78. The Morgan fingerprint density at radius 1 is 1.33 bits per heavy atom. The fourth-order valence-corrected chi connectivity index (χ4v) is 2.02. The van der Waals surface area contributed by atoms with Gasteiger partial charge in [-0.05, 0) is 13.3 Å². The molecule has 1 aliphatic rings. The minimum Gasteiger partial charge on any atom is -0.340 e. The summed E-state index contributed by atoms with van der Waals surface area (Å²) in [5, 5.41) is 3.18. The summed E-state index contributed by atoms with van der Waals surface area (Å²) < 4.78 is 0. The summed E-state index contributed by atoms with van der Waals surface area (Å²) in [4.78, 5) is 13.7. The minimum atomic E-state index is 0.0226. The number of rotatable bonds is 6. The van der Waals surface area contributed by atoms with Crippen molar-refractivity contribution in [3.8, 4) is 0 Å². The first-order valence-electron chi connectivity index (χ1n) is 6.28. The Balaban J connectivity index is 2.12. The van der Waals surface area contributed by atoms with Crippen LogP contribution in [0, 0.1) is 0 Å². The molecule has 1 fully saturated rings. The van der Waals surface area contributed by atoms with Crippen LogP contribution in [0.4, 0.5) is 0 Å². The summed E-state index contributed by atoms with van der Waals surface area (Å²) in [5.41, 5.74) is 0. The second kappa shape index (κ2) is 6.83. The molecule has 1 unspecified atom stereocenters. The number of carbonyl (C=O) groups excluding carboxylic acids is 1.